The zero-order chi connectivity index (χ0) is 13.6. The number of rotatable bonds is 2. The maximum Gasteiger partial charge on any atom is 0.496 e. The standard InChI is InChI=1S/C13H18BNO3/c1-12(2)13(3,4)18-14(17-12)10-7-5-6-9(8-16)11(10)15/h5-8H,15H2,1-4H3. The molecule has 0 bridgehead atoms. The first-order valence-electron chi connectivity index (χ1n) is 5.98. The van der Waals surface area contributed by atoms with E-state index in [-0.39, 0.29) is 0 Å². The van der Waals surface area contributed by atoms with E-state index in [0.29, 0.717) is 16.7 Å². The lowest BCUT2D eigenvalue weighted by molar-refractivity contribution is 0.00578. The molecule has 0 atom stereocenters. The van der Waals surface area contributed by atoms with Crippen LogP contribution < -0.4 is 11.2 Å². The first-order chi connectivity index (χ1) is 8.28. The lowest BCUT2D eigenvalue weighted by atomic mass is 9.77. The average molecular weight is 247 g/mol. The molecule has 0 spiro atoms. The van der Waals surface area contributed by atoms with Gasteiger partial charge in [0.25, 0.3) is 0 Å². The minimum atomic E-state index is -0.533. The van der Waals surface area contributed by atoms with Gasteiger partial charge >= 0.3 is 7.12 Å². The SMILES string of the molecule is CC1(C)OB(c2cccc(C=O)c2N)OC1(C)C. The molecule has 4 nitrogen and oxygen atoms in total. The number of nitrogens with two attached hydrogens (primary N) is 1. The van der Waals surface area contributed by atoms with Crippen molar-refractivity contribution in [3.63, 3.8) is 0 Å². The first kappa shape index (κ1) is 13.1. The van der Waals surface area contributed by atoms with E-state index < -0.39 is 18.3 Å². The molecule has 96 valence electrons. The third-order valence-electron chi connectivity index (χ3n) is 3.81. The van der Waals surface area contributed by atoms with Gasteiger partial charge in [-0.15, -0.1) is 0 Å². The summed E-state index contributed by atoms with van der Waals surface area (Å²) in [6.45, 7) is 7.92. The number of aldehydes is 1. The second kappa shape index (κ2) is 4.11. The minimum absolute atomic E-state index is 0.415. The summed E-state index contributed by atoms with van der Waals surface area (Å²) < 4.78 is 11.8. The number of anilines is 1. The van der Waals surface area contributed by atoms with E-state index in [0.717, 1.165) is 6.29 Å². The van der Waals surface area contributed by atoms with Gasteiger partial charge in [0.05, 0.1) is 11.2 Å². The number of para-hydroxylation sites is 1. The van der Waals surface area contributed by atoms with Crippen molar-refractivity contribution in [2.24, 2.45) is 0 Å². The Bertz CT molecular complexity index is 469. The van der Waals surface area contributed by atoms with Crippen LogP contribution in [-0.2, 0) is 9.31 Å². The molecule has 1 heterocycles. The van der Waals surface area contributed by atoms with E-state index in [2.05, 4.69) is 0 Å². The van der Waals surface area contributed by atoms with Crippen LogP contribution in [0.1, 0.15) is 38.1 Å². The van der Waals surface area contributed by atoms with Gasteiger partial charge in [-0.05, 0) is 33.8 Å². The fourth-order valence-corrected chi connectivity index (χ4v) is 1.88. The second-order valence-electron chi connectivity index (χ2n) is 5.56. The Kier molecular flexibility index (Phi) is 2.99. The molecule has 2 N–H and O–H groups in total. The van der Waals surface area contributed by atoms with Crippen LogP contribution in [-0.4, -0.2) is 24.6 Å². The molecule has 1 aromatic rings. The monoisotopic (exact) mass is 247 g/mol. The van der Waals surface area contributed by atoms with Crippen LogP contribution in [0.5, 0.6) is 0 Å². The summed E-state index contributed by atoms with van der Waals surface area (Å²) in [4.78, 5) is 10.9. The van der Waals surface area contributed by atoms with Gasteiger partial charge in [-0.25, -0.2) is 0 Å². The summed E-state index contributed by atoms with van der Waals surface area (Å²) in [5.74, 6) is 0. The van der Waals surface area contributed by atoms with Crippen LogP contribution in [0.3, 0.4) is 0 Å². The molecular weight excluding hydrogens is 229 g/mol. The molecule has 1 saturated heterocycles. The summed E-state index contributed by atoms with van der Waals surface area (Å²) in [5.41, 5.74) is 6.72. The van der Waals surface area contributed by atoms with Crippen molar-refractivity contribution in [1.29, 1.82) is 0 Å². The van der Waals surface area contributed by atoms with Gasteiger partial charge in [0, 0.05) is 16.7 Å². The van der Waals surface area contributed by atoms with E-state index in [9.17, 15) is 4.79 Å². The lowest BCUT2D eigenvalue weighted by Crippen LogP contribution is -2.41. The van der Waals surface area contributed by atoms with Gasteiger partial charge < -0.3 is 15.0 Å². The zero-order valence-electron chi connectivity index (χ0n) is 11.2. The van der Waals surface area contributed by atoms with Crippen molar-refractivity contribution in [2.75, 3.05) is 5.73 Å². The van der Waals surface area contributed by atoms with E-state index in [4.69, 9.17) is 15.0 Å². The van der Waals surface area contributed by atoms with Gasteiger partial charge in [-0.3, -0.25) is 4.79 Å². The molecule has 1 aromatic carbocycles. The summed E-state index contributed by atoms with van der Waals surface area (Å²) in [6.07, 6.45) is 0.740. The van der Waals surface area contributed by atoms with Crippen LogP contribution in [0.15, 0.2) is 18.2 Å². The quantitative estimate of drug-likeness (QED) is 0.487. The fourth-order valence-electron chi connectivity index (χ4n) is 1.88. The highest BCUT2D eigenvalue weighted by Gasteiger charge is 2.52. The number of carbonyl (C=O) groups excluding carboxylic acids is 1. The van der Waals surface area contributed by atoms with Crippen LogP contribution in [0.25, 0.3) is 0 Å². The molecule has 5 heteroatoms. The van der Waals surface area contributed by atoms with Crippen LogP contribution >= 0.6 is 0 Å². The predicted octanol–water partition coefficient (Wildman–Crippen LogP) is 1.38. The summed E-state index contributed by atoms with van der Waals surface area (Å²) >= 11 is 0. The summed E-state index contributed by atoms with van der Waals surface area (Å²) in [7, 11) is -0.533. The topological polar surface area (TPSA) is 61.5 Å². The average Bonchev–Trinajstić information content (AvgIpc) is 2.48. The van der Waals surface area contributed by atoms with Crippen LogP contribution in [0.4, 0.5) is 5.69 Å². The minimum Gasteiger partial charge on any atom is -0.399 e. The normalized spacial score (nSPS) is 21.0. The van der Waals surface area contributed by atoms with E-state index >= 15 is 0 Å². The van der Waals surface area contributed by atoms with E-state index in [1.165, 1.54) is 0 Å². The number of benzene rings is 1. The highest BCUT2D eigenvalue weighted by Crippen LogP contribution is 2.36. The van der Waals surface area contributed by atoms with Crippen molar-refractivity contribution < 1.29 is 14.1 Å². The Labute approximate surface area is 108 Å². The second-order valence-corrected chi connectivity index (χ2v) is 5.56. The smallest absolute Gasteiger partial charge is 0.399 e. The molecular formula is C13H18BNO3. The Morgan fingerprint density at radius 2 is 1.72 bits per heavy atom. The van der Waals surface area contributed by atoms with Crippen molar-refractivity contribution >= 4 is 24.6 Å². The van der Waals surface area contributed by atoms with Crippen molar-refractivity contribution in [2.45, 2.75) is 38.9 Å². The van der Waals surface area contributed by atoms with Gasteiger partial charge in [-0.2, -0.15) is 0 Å². The molecule has 2 rings (SSSR count). The number of carbonyl (C=O) groups is 1. The lowest BCUT2D eigenvalue weighted by Gasteiger charge is -2.32. The molecule has 0 unspecified atom stereocenters. The fraction of sp³-hybridized carbons (Fsp3) is 0.462. The highest BCUT2D eigenvalue weighted by atomic mass is 16.7. The van der Waals surface area contributed by atoms with Gasteiger partial charge in [0.2, 0.25) is 0 Å². The molecule has 18 heavy (non-hydrogen) atoms. The Balaban J connectivity index is 2.38. The maximum absolute atomic E-state index is 10.9. The van der Waals surface area contributed by atoms with Gasteiger partial charge in [0.1, 0.15) is 0 Å². The first-order valence-corrected chi connectivity index (χ1v) is 5.98. The Hall–Kier alpha value is -1.33. The Morgan fingerprint density at radius 1 is 1.17 bits per heavy atom. The van der Waals surface area contributed by atoms with Gasteiger partial charge in [0.15, 0.2) is 6.29 Å². The molecule has 0 aromatic heterocycles. The number of hydrogen-bond acceptors (Lipinski definition) is 4. The predicted molar refractivity (Wildman–Crippen MR) is 72.0 cm³/mol. The molecule has 1 aliphatic heterocycles. The third kappa shape index (κ3) is 1.93. The van der Waals surface area contributed by atoms with Crippen LogP contribution in [0.2, 0.25) is 0 Å². The number of hydrogen-bond donors (Lipinski definition) is 1. The van der Waals surface area contributed by atoms with Crippen molar-refractivity contribution in [3.8, 4) is 0 Å². The molecule has 0 amide bonds. The summed E-state index contributed by atoms with van der Waals surface area (Å²) in [5, 5.41) is 0. The Morgan fingerprint density at radius 3 is 2.22 bits per heavy atom. The maximum atomic E-state index is 10.9. The summed E-state index contributed by atoms with van der Waals surface area (Å²) in [6, 6.07) is 5.28. The highest BCUT2D eigenvalue weighted by molar-refractivity contribution is 6.64. The molecule has 0 radical (unpaired) electrons. The van der Waals surface area contributed by atoms with Crippen molar-refractivity contribution in [3.05, 3.63) is 23.8 Å². The molecule has 1 fully saturated rings. The number of nitrogen functional groups attached to an aromatic ring is 1. The zero-order valence-corrected chi connectivity index (χ0v) is 11.2. The van der Waals surface area contributed by atoms with E-state index in [1.807, 2.05) is 33.8 Å². The van der Waals surface area contributed by atoms with E-state index in [1.54, 1.807) is 12.1 Å². The molecule has 0 saturated carbocycles. The largest absolute Gasteiger partial charge is 0.496 e. The molecule has 0 aliphatic carbocycles. The molecule has 1 aliphatic rings. The van der Waals surface area contributed by atoms with Crippen molar-refractivity contribution in [1.82, 2.24) is 0 Å². The van der Waals surface area contributed by atoms with Gasteiger partial charge in [-0.1, -0.05) is 12.1 Å². The third-order valence-corrected chi connectivity index (χ3v) is 3.81. The van der Waals surface area contributed by atoms with Crippen LogP contribution in [0, 0.1) is 0 Å².